The Bertz CT molecular complexity index is 1070. The number of hydrogen-bond donors (Lipinski definition) is 1. The van der Waals surface area contributed by atoms with E-state index in [-0.39, 0.29) is 17.3 Å². The molecule has 1 saturated heterocycles. The van der Waals surface area contributed by atoms with Gasteiger partial charge in [0.1, 0.15) is 11.5 Å². The van der Waals surface area contributed by atoms with Crippen molar-refractivity contribution in [1.29, 1.82) is 0 Å². The molecular weight excluding hydrogens is 430 g/mol. The predicted molar refractivity (Wildman–Crippen MR) is 133 cm³/mol. The van der Waals surface area contributed by atoms with E-state index in [1.165, 1.54) is 0 Å². The normalized spacial score (nSPS) is 17.8. The second-order valence-corrected chi connectivity index (χ2v) is 8.86. The van der Waals surface area contributed by atoms with Crippen molar-refractivity contribution < 1.29 is 19.4 Å². The van der Waals surface area contributed by atoms with Gasteiger partial charge < -0.3 is 19.6 Å². The van der Waals surface area contributed by atoms with Crippen LogP contribution in [-0.2, 0) is 9.59 Å². The van der Waals surface area contributed by atoms with E-state index in [1.807, 2.05) is 32.9 Å². The van der Waals surface area contributed by atoms with E-state index < -0.39 is 17.7 Å². The van der Waals surface area contributed by atoms with Gasteiger partial charge in [0.15, 0.2) is 0 Å². The first-order valence-electron chi connectivity index (χ1n) is 11.8. The average molecular weight is 466 g/mol. The maximum Gasteiger partial charge on any atom is 0.295 e. The van der Waals surface area contributed by atoms with Gasteiger partial charge >= 0.3 is 0 Å². The summed E-state index contributed by atoms with van der Waals surface area (Å²) in [7, 11) is 1.62. The molecule has 0 aliphatic carbocycles. The molecule has 1 aromatic carbocycles. The van der Waals surface area contributed by atoms with Crippen molar-refractivity contribution in [1.82, 2.24) is 14.8 Å². The Morgan fingerprint density at radius 3 is 2.38 bits per heavy atom. The third kappa shape index (κ3) is 4.85. The molecule has 0 radical (unpaired) electrons. The van der Waals surface area contributed by atoms with Crippen LogP contribution in [0.1, 0.15) is 61.9 Å². The molecule has 2 aromatic rings. The number of ether oxygens (including phenoxy) is 1. The molecule has 3 rings (SSSR count). The fourth-order valence-electron chi connectivity index (χ4n) is 4.52. The van der Waals surface area contributed by atoms with Crippen LogP contribution in [0.5, 0.6) is 5.75 Å². The highest BCUT2D eigenvalue weighted by atomic mass is 16.5. The van der Waals surface area contributed by atoms with Gasteiger partial charge in [0.2, 0.25) is 0 Å². The highest BCUT2D eigenvalue weighted by Gasteiger charge is 2.46. The number of carbonyl (C=O) groups excluding carboxylic acids is 2. The first kappa shape index (κ1) is 25.4. The molecule has 1 aliphatic heterocycles. The third-order valence-electron chi connectivity index (χ3n) is 6.57. The lowest BCUT2D eigenvalue weighted by Gasteiger charge is -2.28. The molecule has 1 atom stereocenters. The molecule has 1 N–H and O–H groups in total. The van der Waals surface area contributed by atoms with Gasteiger partial charge in [0.05, 0.1) is 18.7 Å². The average Bonchev–Trinajstić information content (AvgIpc) is 3.09. The molecule has 0 saturated carbocycles. The molecular formula is C27H35N3O4. The second-order valence-electron chi connectivity index (χ2n) is 8.86. The number of aliphatic hydroxyl groups excluding tert-OH is 1. The standard InChI is InChI=1S/C27H35N3O4/c1-7-29(8-2)13-14-30-24(19-9-11-28-12-10-19)23(26(32)27(30)33)25(31)21-16-20(17(3)4)22(34-6)15-18(21)5/h9-12,15-17,24,31H,7-8,13-14H2,1-6H3/b25-23+. The third-order valence-corrected chi connectivity index (χ3v) is 6.57. The summed E-state index contributed by atoms with van der Waals surface area (Å²) < 4.78 is 5.53. The van der Waals surface area contributed by atoms with Crippen molar-refractivity contribution in [3.8, 4) is 5.75 Å². The Hall–Kier alpha value is -3.19. The highest BCUT2D eigenvalue weighted by Crippen LogP contribution is 2.41. The molecule has 7 heteroatoms. The zero-order valence-electron chi connectivity index (χ0n) is 21.0. The van der Waals surface area contributed by atoms with Crippen molar-refractivity contribution in [3.63, 3.8) is 0 Å². The van der Waals surface area contributed by atoms with Crippen LogP contribution in [0.2, 0.25) is 0 Å². The fourth-order valence-corrected chi connectivity index (χ4v) is 4.52. The number of likely N-dealkylation sites (tertiary alicyclic amines) is 1. The van der Waals surface area contributed by atoms with Crippen molar-refractivity contribution >= 4 is 17.4 Å². The van der Waals surface area contributed by atoms with Crippen LogP contribution in [0.25, 0.3) is 5.76 Å². The van der Waals surface area contributed by atoms with Crippen molar-refractivity contribution in [2.24, 2.45) is 0 Å². The number of ketones is 1. The summed E-state index contributed by atoms with van der Waals surface area (Å²) in [6.07, 6.45) is 3.27. The summed E-state index contributed by atoms with van der Waals surface area (Å²) in [5, 5.41) is 11.5. The summed E-state index contributed by atoms with van der Waals surface area (Å²) >= 11 is 0. The van der Waals surface area contributed by atoms with Crippen LogP contribution in [0.3, 0.4) is 0 Å². The van der Waals surface area contributed by atoms with E-state index in [0.717, 1.165) is 35.5 Å². The lowest BCUT2D eigenvalue weighted by atomic mass is 9.91. The van der Waals surface area contributed by atoms with Crippen LogP contribution in [-0.4, -0.2) is 64.9 Å². The number of aryl methyl sites for hydroxylation is 1. The van der Waals surface area contributed by atoms with Gasteiger partial charge in [-0.2, -0.15) is 0 Å². The molecule has 1 amide bonds. The fraction of sp³-hybridized carbons (Fsp3) is 0.444. The lowest BCUT2D eigenvalue weighted by Crippen LogP contribution is -2.38. The van der Waals surface area contributed by atoms with Crippen LogP contribution in [0.15, 0.2) is 42.2 Å². The molecule has 1 aromatic heterocycles. The van der Waals surface area contributed by atoms with E-state index in [9.17, 15) is 14.7 Å². The minimum atomic E-state index is -0.678. The Morgan fingerprint density at radius 2 is 1.82 bits per heavy atom. The Labute approximate surface area is 202 Å². The molecule has 0 bridgehead atoms. The zero-order chi connectivity index (χ0) is 25.0. The second kappa shape index (κ2) is 10.8. The summed E-state index contributed by atoms with van der Waals surface area (Å²) in [6, 6.07) is 6.62. The lowest BCUT2D eigenvalue weighted by molar-refractivity contribution is -0.140. The monoisotopic (exact) mass is 465 g/mol. The molecule has 34 heavy (non-hydrogen) atoms. The van der Waals surface area contributed by atoms with Crippen molar-refractivity contribution in [2.45, 2.75) is 46.6 Å². The number of aliphatic hydroxyl groups is 1. The van der Waals surface area contributed by atoms with Gasteiger partial charge in [-0.3, -0.25) is 14.6 Å². The van der Waals surface area contributed by atoms with E-state index in [4.69, 9.17) is 4.74 Å². The van der Waals surface area contributed by atoms with Crippen LogP contribution in [0.4, 0.5) is 0 Å². The molecule has 1 fully saturated rings. The molecule has 2 heterocycles. The topological polar surface area (TPSA) is 83.0 Å². The predicted octanol–water partition coefficient (Wildman–Crippen LogP) is 4.29. The van der Waals surface area contributed by atoms with E-state index in [0.29, 0.717) is 18.7 Å². The van der Waals surface area contributed by atoms with Crippen LogP contribution < -0.4 is 4.74 Å². The number of rotatable bonds is 9. The number of aromatic nitrogens is 1. The molecule has 7 nitrogen and oxygen atoms in total. The van der Waals surface area contributed by atoms with Gasteiger partial charge in [0, 0.05) is 31.0 Å². The quantitative estimate of drug-likeness (QED) is 0.338. The number of carbonyl (C=O) groups is 2. The number of methoxy groups -OCH3 is 1. The number of amides is 1. The Balaban J connectivity index is 2.17. The SMILES string of the molecule is CCN(CC)CCN1C(=O)C(=O)/C(=C(/O)c2cc(C(C)C)c(OC)cc2C)C1c1ccncc1. The Morgan fingerprint density at radius 1 is 1.18 bits per heavy atom. The number of Topliss-reactive ketones (excluding diaryl/α,β-unsaturated/α-hetero) is 1. The molecule has 1 aliphatic rings. The van der Waals surface area contributed by atoms with E-state index >= 15 is 0 Å². The minimum Gasteiger partial charge on any atom is -0.507 e. The largest absolute Gasteiger partial charge is 0.507 e. The number of likely N-dealkylation sites (N-methyl/N-ethyl adjacent to an activating group) is 1. The number of pyridine rings is 1. The zero-order valence-corrected chi connectivity index (χ0v) is 21.0. The highest BCUT2D eigenvalue weighted by molar-refractivity contribution is 6.46. The summed E-state index contributed by atoms with van der Waals surface area (Å²) in [4.78, 5) is 34.3. The van der Waals surface area contributed by atoms with Gasteiger partial charge in [-0.05, 0) is 66.9 Å². The maximum absolute atomic E-state index is 13.3. The first-order chi connectivity index (χ1) is 16.2. The number of benzene rings is 1. The summed E-state index contributed by atoms with van der Waals surface area (Å²) in [5.74, 6) is -0.539. The summed E-state index contributed by atoms with van der Waals surface area (Å²) in [6.45, 7) is 12.8. The molecule has 182 valence electrons. The van der Waals surface area contributed by atoms with Crippen molar-refractivity contribution in [2.75, 3.05) is 33.3 Å². The van der Waals surface area contributed by atoms with Crippen LogP contribution in [0, 0.1) is 6.92 Å². The van der Waals surface area contributed by atoms with E-state index in [1.54, 1.807) is 36.5 Å². The number of hydrogen-bond acceptors (Lipinski definition) is 6. The maximum atomic E-state index is 13.3. The Kier molecular flexibility index (Phi) is 8.10. The van der Waals surface area contributed by atoms with Crippen molar-refractivity contribution in [3.05, 3.63) is 64.5 Å². The molecule has 0 spiro atoms. The van der Waals surface area contributed by atoms with Crippen LogP contribution >= 0.6 is 0 Å². The number of nitrogens with zero attached hydrogens (tertiary/aromatic N) is 3. The smallest absolute Gasteiger partial charge is 0.295 e. The van der Waals surface area contributed by atoms with Gasteiger partial charge in [-0.25, -0.2) is 0 Å². The van der Waals surface area contributed by atoms with Gasteiger partial charge in [-0.1, -0.05) is 27.7 Å². The summed E-state index contributed by atoms with van der Waals surface area (Å²) in [5.41, 5.74) is 3.07. The van der Waals surface area contributed by atoms with Gasteiger partial charge in [-0.15, -0.1) is 0 Å². The molecule has 1 unspecified atom stereocenters. The minimum absolute atomic E-state index is 0.110. The van der Waals surface area contributed by atoms with Gasteiger partial charge in [0.25, 0.3) is 11.7 Å². The first-order valence-corrected chi connectivity index (χ1v) is 11.8. The van der Waals surface area contributed by atoms with E-state index in [2.05, 4.69) is 23.7 Å².